The molecule has 114 valence electrons. The molecular weight excluding hydrogens is 291 g/mol. The minimum absolute atomic E-state index is 0.103. The highest BCUT2D eigenvalue weighted by molar-refractivity contribution is 6.30. The Hall–Kier alpha value is -1.43. The van der Waals surface area contributed by atoms with Crippen LogP contribution in [-0.4, -0.2) is 9.78 Å². The van der Waals surface area contributed by atoms with Crippen molar-refractivity contribution in [2.45, 2.75) is 39.3 Å². The minimum atomic E-state index is -0.428. The second kappa shape index (κ2) is 7.02. The molecule has 2 aromatic rings. The summed E-state index contributed by atoms with van der Waals surface area (Å²) >= 11 is 5.84. The Labute approximate surface area is 129 Å². The number of benzene rings is 1. The molecule has 0 aliphatic rings. The molecule has 0 aliphatic heterocycles. The number of nitrogens with zero attached hydrogens (tertiary/aromatic N) is 2. The first-order valence-corrected chi connectivity index (χ1v) is 7.43. The molecule has 0 saturated heterocycles. The number of hydrogen-bond donors (Lipinski definition) is 2. The summed E-state index contributed by atoms with van der Waals surface area (Å²) in [7, 11) is 0. The molecule has 0 bridgehead atoms. The van der Waals surface area contributed by atoms with E-state index in [-0.39, 0.29) is 11.1 Å². The van der Waals surface area contributed by atoms with Crippen LogP contribution in [0.5, 0.6) is 0 Å². The van der Waals surface area contributed by atoms with Gasteiger partial charge in [-0.15, -0.1) is 0 Å². The van der Waals surface area contributed by atoms with E-state index in [1.54, 1.807) is 12.1 Å². The van der Waals surface area contributed by atoms with Gasteiger partial charge in [0.25, 0.3) is 0 Å². The van der Waals surface area contributed by atoms with Gasteiger partial charge in [-0.2, -0.15) is 5.10 Å². The van der Waals surface area contributed by atoms with E-state index in [0.717, 1.165) is 29.9 Å². The Morgan fingerprint density at radius 3 is 2.71 bits per heavy atom. The first-order valence-electron chi connectivity index (χ1n) is 7.05. The third-order valence-corrected chi connectivity index (χ3v) is 3.83. The zero-order valence-corrected chi connectivity index (χ0v) is 13.0. The van der Waals surface area contributed by atoms with Gasteiger partial charge in [0.2, 0.25) is 0 Å². The first kappa shape index (κ1) is 15.9. The summed E-state index contributed by atoms with van der Waals surface area (Å²) in [5.74, 6) is 5.23. The van der Waals surface area contributed by atoms with E-state index in [9.17, 15) is 4.39 Å². The fourth-order valence-electron chi connectivity index (χ4n) is 2.34. The van der Waals surface area contributed by atoms with Crippen LogP contribution in [0.25, 0.3) is 0 Å². The van der Waals surface area contributed by atoms with E-state index in [0.29, 0.717) is 6.42 Å². The third kappa shape index (κ3) is 3.61. The van der Waals surface area contributed by atoms with Crippen LogP contribution in [0.3, 0.4) is 0 Å². The van der Waals surface area contributed by atoms with E-state index in [1.807, 2.05) is 4.68 Å². The zero-order valence-electron chi connectivity index (χ0n) is 12.2. The van der Waals surface area contributed by atoms with Crippen molar-refractivity contribution in [2.24, 2.45) is 5.84 Å². The summed E-state index contributed by atoms with van der Waals surface area (Å²) in [6, 6.07) is 6.60. The van der Waals surface area contributed by atoms with Gasteiger partial charge < -0.3 is 0 Å². The number of rotatable bonds is 6. The minimum Gasteiger partial charge on any atom is -0.271 e. The van der Waals surface area contributed by atoms with Gasteiger partial charge in [-0.3, -0.25) is 16.0 Å². The number of aromatic nitrogens is 2. The summed E-state index contributed by atoms with van der Waals surface area (Å²) in [6.45, 7) is 4.93. The molecule has 1 heterocycles. The second-order valence-corrected chi connectivity index (χ2v) is 5.30. The average Bonchev–Trinajstić information content (AvgIpc) is 2.90. The van der Waals surface area contributed by atoms with Gasteiger partial charge in [-0.25, -0.2) is 4.39 Å². The summed E-state index contributed by atoms with van der Waals surface area (Å²) < 4.78 is 15.2. The van der Waals surface area contributed by atoms with Gasteiger partial charge in [0.1, 0.15) is 5.82 Å². The van der Waals surface area contributed by atoms with Crippen LogP contribution in [0.15, 0.2) is 24.3 Å². The largest absolute Gasteiger partial charge is 0.271 e. The van der Waals surface area contributed by atoms with Crippen molar-refractivity contribution in [3.8, 4) is 0 Å². The lowest BCUT2D eigenvalue weighted by Gasteiger charge is -2.17. The number of nitrogens with two attached hydrogens (primary N) is 1. The highest BCUT2D eigenvalue weighted by Crippen LogP contribution is 2.23. The normalized spacial score (nSPS) is 12.6. The molecule has 0 aliphatic carbocycles. The van der Waals surface area contributed by atoms with Crippen LogP contribution in [-0.2, 0) is 19.4 Å². The SMILES string of the molecule is CCc1cc(CC(NN)c2ccc(F)c(Cl)c2)n(CC)n1. The molecule has 21 heavy (non-hydrogen) atoms. The van der Waals surface area contributed by atoms with E-state index >= 15 is 0 Å². The van der Waals surface area contributed by atoms with Crippen molar-refractivity contribution < 1.29 is 4.39 Å². The molecule has 3 N–H and O–H groups in total. The smallest absolute Gasteiger partial charge is 0.141 e. The fourth-order valence-corrected chi connectivity index (χ4v) is 2.53. The molecule has 2 rings (SSSR count). The van der Waals surface area contributed by atoms with Crippen molar-refractivity contribution in [3.05, 3.63) is 52.1 Å². The fraction of sp³-hybridized carbons (Fsp3) is 0.400. The molecule has 0 spiro atoms. The average molecular weight is 311 g/mol. The van der Waals surface area contributed by atoms with Crippen molar-refractivity contribution in [1.29, 1.82) is 0 Å². The molecule has 1 unspecified atom stereocenters. The van der Waals surface area contributed by atoms with E-state index in [1.165, 1.54) is 6.07 Å². The number of nitrogens with one attached hydrogen (secondary N) is 1. The molecular formula is C15H20ClFN4. The molecule has 0 fully saturated rings. The van der Waals surface area contributed by atoms with Gasteiger partial charge >= 0.3 is 0 Å². The van der Waals surface area contributed by atoms with Crippen molar-refractivity contribution in [2.75, 3.05) is 0 Å². The maximum atomic E-state index is 13.3. The summed E-state index contributed by atoms with van der Waals surface area (Å²) in [6.07, 6.45) is 1.56. The van der Waals surface area contributed by atoms with Crippen LogP contribution in [0.1, 0.15) is 36.8 Å². The van der Waals surface area contributed by atoms with Gasteiger partial charge in [0, 0.05) is 18.7 Å². The van der Waals surface area contributed by atoms with Crippen LogP contribution in [0, 0.1) is 5.82 Å². The van der Waals surface area contributed by atoms with Gasteiger partial charge in [0.05, 0.1) is 16.8 Å². The maximum Gasteiger partial charge on any atom is 0.141 e. The lowest BCUT2D eigenvalue weighted by Crippen LogP contribution is -2.30. The monoisotopic (exact) mass is 310 g/mol. The van der Waals surface area contributed by atoms with Crippen molar-refractivity contribution in [1.82, 2.24) is 15.2 Å². The number of hydrazine groups is 1. The molecule has 1 aromatic carbocycles. The van der Waals surface area contributed by atoms with Gasteiger partial charge in [0.15, 0.2) is 0 Å². The molecule has 1 aromatic heterocycles. The van der Waals surface area contributed by atoms with Crippen molar-refractivity contribution in [3.63, 3.8) is 0 Å². The Balaban J connectivity index is 2.26. The third-order valence-electron chi connectivity index (χ3n) is 3.54. The first-order chi connectivity index (χ1) is 10.1. The predicted molar refractivity (Wildman–Crippen MR) is 82.5 cm³/mol. The molecule has 4 nitrogen and oxygen atoms in total. The van der Waals surface area contributed by atoms with Crippen LogP contribution in [0.4, 0.5) is 4.39 Å². The summed E-state index contributed by atoms with van der Waals surface area (Å²) in [5, 5.41) is 4.62. The summed E-state index contributed by atoms with van der Waals surface area (Å²) in [5.41, 5.74) is 5.77. The Kier molecular flexibility index (Phi) is 5.33. The van der Waals surface area contributed by atoms with Crippen LogP contribution in [0.2, 0.25) is 5.02 Å². The zero-order chi connectivity index (χ0) is 15.4. The lowest BCUT2D eigenvalue weighted by molar-refractivity contribution is 0.515. The molecule has 0 radical (unpaired) electrons. The quantitative estimate of drug-likeness (QED) is 0.637. The number of aryl methyl sites for hydroxylation is 2. The molecule has 0 saturated carbocycles. The standard InChI is InChI=1S/C15H20ClFN4/c1-3-11-8-12(21(4-2)20-11)9-15(19-18)10-5-6-14(17)13(16)7-10/h5-8,15,19H,3-4,9,18H2,1-2H3. The number of hydrogen-bond acceptors (Lipinski definition) is 3. The predicted octanol–water partition coefficient (Wildman–Crippen LogP) is 3.01. The second-order valence-electron chi connectivity index (χ2n) is 4.89. The van der Waals surface area contributed by atoms with Crippen LogP contribution < -0.4 is 11.3 Å². The van der Waals surface area contributed by atoms with E-state index < -0.39 is 5.82 Å². The van der Waals surface area contributed by atoms with Gasteiger partial charge in [-0.1, -0.05) is 24.6 Å². The Morgan fingerprint density at radius 1 is 1.38 bits per heavy atom. The van der Waals surface area contributed by atoms with Crippen molar-refractivity contribution >= 4 is 11.6 Å². The topological polar surface area (TPSA) is 55.9 Å². The molecule has 1 atom stereocenters. The summed E-state index contributed by atoms with van der Waals surface area (Å²) in [4.78, 5) is 0. The van der Waals surface area contributed by atoms with E-state index in [2.05, 4.69) is 30.4 Å². The Morgan fingerprint density at radius 2 is 2.14 bits per heavy atom. The number of halogens is 2. The van der Waals surface area contributed by atoms with Crippen LogP contribution >= 0.6 is 11.6 Å². The molecule has 6 heteroatoms. The Bertz CT molecular complexity index is 612. The van der Waals surface area contributed by atoms with E-state index in [4.69, 9.17) is 17.4 Å². The highest BCUT2D eigenvalue weighted by atomic mass is 35.5. The lowest BCUT2D eigenvalue weighted by atomic mass is 10.0. The highest BCUT2D eigenvalue weighted by Gasteiger charge is 2.16. The van der Waals surface area contributed by atoms with Gasteiger partial charge in [-0.05, 0) is 37.1 Å². The molecule has 0 amide bonds. The maximum absolute atomic E-state index is 13.3.